The molecule has 4 rings (SSSR count). The lowest BCUT2D eigenvalue weighted by molar-refractivity contribution is -0.137. The highest BCUT2D eigenvalue weighted by molar-refractivity contribution is 5.66. The van der Waals surface area contributed by atoms with Crippen molar-refractivity contribution >= 4 is 22.7 Å². The molecule has 0 aliphatic heterocycles. The van der Waals surface area contributed by atoms with E-state index in [9.17, 15) is 26.3 Å². The maximum absolute atomic E-state index is 13.1. The molecule has 6 nitrogen and oxygen atoms in total. The van der Waals surface area contributed by atoms with Crippen LogP contribution in [0.4, 0.5) is 49.1 Å². The number of hydrogen-bond donors (Lipinski definition) is 3. The van der Waals surface area contributed by atoms with Gasteiger partial charge in [0.1, 0.15) is 11.5 Å². The second kappa shape index (κ2) is 13.6. The Morgan fingerprint density at radius 2 is 1.07 bits per heavy atom. The normalized spacial score (nSPS) is 11.0. The molecule has 4 aromatic carbocycles. The molecule has 0 amide bonds. The molecule has 0 aromatic heterocycles. The van der Waals surface area contributed by atoms with Gasteiger partial charge in [-0.1, -0.05) is 12.1 Å². The Morgan fingerprint density at radius 3 is 1.40 bits per heavy atom. The number of nitrogens with one attached hydrogen (secondary N) is 2. The highest BCUT2D eigenvalue weighted by Crippen LogP contribution is 2.39. The number of methoxy groups -OCH3 is 2. The third-order valence-corrected chi connectivity index (χ3v) is 5.83. The summed E-state index contributed by atoms with van der Waals surface area (Å²) in [6, 6.07) is 22.5. The van der Waals surface area contributed by atoms with E-state index in [0.717, 1.165) is 17.7 Å². The molecule has 42 heavy (non-hydrogen) atoms. The van der Waals surface area contributed by atoms with Crippen LogP contribution in [0.3, 0.4) is 0 Å². The molecule has 0 spiro atoms. The van der Waals surface area contributed by atoms with E-state index >= 15 is 0 Å². The topological polar surface area (TPSA) is 92.3 Å². The molecule has 0 heterocycles. The minimum atomic E-state index is -4.50. The number of ether oxygens (including phenoxy) is 2. The summed E-state index contributed by atoms with van der Waals surface area (Å²) < 4.78 is 88.0. The number of nitrogens with zero attached hydrogens (tertiary/aromatic N) is 1. The van der Waals surface area contributed by atoms with E-state index in [1.165, 1.54) is 50.6 Å². The van der Waals surface area contributed by atoms with E-state index in [2.05, 4.69) is 10.6 Å². The van der Waals surface area contributed by atoms with Crippen LogP contribution < -0.4 is 25.8 Å². The van der Waals surface area contributed by atoms with Gasteiger partial charge in [-0.25, -0.2) is 0 Å². The molecule has 0 atom stereocenters. The Morgan fingerprint density at radius 1 is 0.667 bits per heavy atom. The summed E-state index contributed by atoms with van der Waals surface area (Å²) in [4.78, 5) is 0. The second-order valence-electron chi connectivity index (χ2n) is 8.66. The molecule has 0 unspecified atom stereocenters. The smallest absolute Gasteiger partial charge is 0.418 e. The fourth-order valence-corrected chi connectivity index (χ4v) is 3.65. The molecule has 220 valence electrons. The zero-order chi connectivity index (χ0) is 30.9. The van der Waals surface area contributed by atoms with Crippen molar-refractivity contribution < 1.29 is 35.8 Å². The van der Waals surface area contributed by atoms with Crippen molar-refractivity contribution in [2.24, 2.45) is 5.73 Å². The van der Waals surface area contributed by atoms with Crippen LogP contribution in [0.2, 0.25) is 0 Å². The van der Waals surface area contributed by atoms with Gasteiger partial charge in [-0.05, 0) is 78.4 Å². The second-order valence-corrected chi connectivity index (χ2v) is 8.66. The number of nitrogens with two attached hydrogens (primary N) is 1. The molecule has 0 saturated heterocycles. The van der Waals surface area contributed by atoms with Crippen molar-refractivity contribution in [3.05, 3.63) is 107 Å². The molecular formula is C30H26F6N4O2. The summed E-state index contributed by atoms with van der Waals surface area (Å²) in [6.07, 6.45) is -8.96. The van der Waals surface area contributed by atoms with Crippen LogP contribution in [0, 0.1) is 11.3 Å². The first-order valence-corrected chi connectivity index (χ1v) is 12.2. The van der Waals surface area contributed by atoms with Crippen LogP contribution in [0.15, 0.2) is 84.9 Å². The van der Waals surface area contributed by atoms with E-state index in [1.54, 1.807) is 36.4 Å². The van der Waals surface area contributed by atoms with Gasteiger partial charge in [-0.3, -0.25) is 0 Å². The van der Waals surface area contributed by atoms with Crippen LogP contribution in [0.25, 0.3) is 0 Å². The fraction of sp³-hybridized carbons (Fsp3) is 0.167. The number of anilines is 4. The van der Waals surface area contributed by atoms with Crippen molar-refractivity contribution in [3.8, 4) is 17.6 Å². The molecule has 0 fully saturated rings. The van der Waals surface area contributed by atoms with Gasteiger partial charge in [0.25, 0.3) is 0 Å². The summed E-state index contributed by atoms with van der Waals surface area (Å²) in [5.74, 6) is 0.291. The van der Waals surface area contributed by atoms with Crippen molar-refractivity contribution in [3.63, 3.8) is 0 Å². The third-order valence-electron chi connectivity index (χ3n) is 5.83. The lowest BCUT2D eigenvalue weighted by Crippen LogP contribution is -2.09. The Bertz CT molecular complexity index is 1510. The highest BCUT2D eigenvalue weighted by Gasteiger charge is 2.35. The summed E-state index contributed by atoms with van der Waals surface area (Å²) in [5.41, 5.74) is 6.16. The number of nitriles is 1. The summed E-state index contributed by atoms with van der Waals surface area (Å²) >= 11 is 0. The Labute approximate surface area is 238 Å². The largest absolute Gasteiger partial charge is 0.497 e. The lowest BCUT2D eigenvalue weighted by Gasteiger charge is -2.16. The fourth-order valence-electron chi connectivity index (χ4n) is 3.65. The molecule has 12 heteroatoms. The number of halogens is 6. The predicted octanol–water partition coefficient (Wildman–Crippen LogP) is 8.25. The quantitative estimate of drug-likeness (QED) is 0.188. The molecule has 0 aliphatic carbocycles. The first kappa shape index (κ1) is 31.6. The molecule has 4 N–H and O–H groups in total. The first-order valence-electron chi connectivity index (χ1n) is 12.2. The predicted molar refractivity (Wildman–Crippen MR) is 148 cm³/mol. The molecule has 0 saturated carbocycles. The van der Waals surface area contributed by atoms with Crippen LogP contribution in [0.5, 0.6) is 11.5 Å². The maximum Gasteiger partial charge on any atom is 0.418 e. The van der Waals surface area contributed by atoms with Crippen molar-refractivity contribution in [2.45, 2.75) is 18.9 Å². The zero-order valence-electron chi connectivity index (χ0n) is 22.4. The van der Waals surface area contributed by atoms with E-state index < -0.39 is 23.5 Å². The van der Waals surface area contributed by atoms with E-state index in [0.29, 0.717) is 23.5 Å². The van der Waals surface area contributed by atoms with Gasteiger partial charge >= 0.3 is 12.4 Å². The molecule has 0 bridgehead atoms. The molecule has 4 aromatic rings. The summed E-state index contributed by atoms with van der Waals surface area (Å²) in [5, 5.41) is 14.2. The third kappa shape index (κ3) is 8.55. The zero-order valence-corrected chi connectivity index (χ0v) is 22.4. The first-order chi connectivity index (χ1) is 19.9. The van der Waals surface area contributed by atoms with Gasteiger partial charge in [0, 0.05) is 17.9 Å². The van der Waals surface area contributed by atoms with Crippen molar-refractivity contribution in [2.75, 3.05) is 24.9 Å². The van der Waals surface area contributed by atoms with Gasteiger partial charge in [0.2, 0.25) is 0 Å². The van der Waals surface area contributed by atoms with Crippen LogP contribution in [-0.4, -0.2) is 14.2 Å². The minimum absolute atomic E-state index is 0.0243. The van der Waals surface area contributed by atoms with E-state index in [4.69, 9.17) is 20.5 Å². The van der Waals surface area contributed by atoms with Gasteiger partial charge < -0.3 is 25.8 Å². The van der Waals surface area contributed by atoms with E-state index in [1.807, 2.05) is 6.07 Å². The Kier molecular flexibility index (Phi) is 10.3. The van der Waals surface area contributed by atoms with Gasteiger partial charge in [0.15, 0.2) is 0 Å². The van der Waals surface area contributed by atoms with E-state index in [-0.39, 0.29) is 22.9 Å². The number of hydrogen-bond acceptors (Lipinski definition) is 6. The minimum Gasteiger partial charge on any atom is -0.497 e. The molecular weight excluding hydrogens is 562 g/mol. The lowest BCUT2D eigenvalue weighted by atomic mass is 10.1. The monoisotopic (exact) mass is 588 g/mol. The van der Waals surface area contributed by atoms with Crippen LogP contribution in [-0.2, 0) is 18.9 Å². The molecule has 0 radical (unpaired) electrons. The Hall–Kier alpha value is -4.89. The number of rotatable bonds is 7. The average molecular weight is 589 g/mol. The highest BCUT2D eigenvalue weighted by atomic mass is 19.4. The Balaban J connectivity index is 0.000000230. The van der Waals surface area contributed by atoms with Crippen LogP contribution >= 0.6 is 0 Å². The van der Waals surface area contributed by atoms with Crippen molar-refractivity contribution in [1.29, 1.82) is 5.26 Å². The summed E-state index contributed by atoms with van der Waals surface area (Å²) in [6.45, 7) is 0.386. The van der Waals surface area contributed by atoms with Gasteiger partial charge in [-0.15, -0.1) is 0 Å². The van der Waals surface area contributed by atoms with Gasteiger partial charge in [0.05, 0.1) is 48.4 Å². The van der Waals surface area contributed by atoms with Gasteiger partial charge in [-0.2, -0.15) is 31.6 Å². The van der Waals surface area contributed by atoms with Crippen LogP contribution in [0.1, 0.15) is 22.3 Å². The number of alkyl halides is 6. The average Bonchev–Trinajstić information content (AvgIpc) is 2.97. The standard InChI is InChI=1S/C15H15F3N2O.C15H11F3N2O/c2*1-21-12-6-7-14(13(8-12)15(16,17)18)20-11-4-2-10(9-19)3-5-11/h2-8,20H,9,19H2,1H3;2-8,20H,1H3. The van der Waals surface area contributed by atoms with Crippen molar-refractivity contribution in [1.82, 2.24) is 0 Å². The maximum atomic E-state index is 13.1. The number of benzene rings is 4. The SMILES string of the molecule is COc1ccc(Nc2ccc(C#N)cc2)c(C(F)(F)F)c1.COc1ccc(Nc2ccc(CN)cc2)c(C(F)(F)F)c1. The summed E-state index contributed by atoms with van der Waals surface area (Å²) in [7, 11) is 2.64. The molecule has 0 aliphatic rings.